The molecule has 8 heteroatoms. The minimum atomic E-state index is -3.62. The smallest absolute Gasteiger partial charge is 0.414 e. The van der Waals surface area contributed by atoms with Crippen molar-refractivity contribution in [3.05, 3.63) is 59.4 Å². The van der Waals surface area contributed by atoms with Gasteiger partial charge >= 0.3 is 6.09 Å². The first kappa shape index (κ1) is 22.7. The first-order chi connectivity index (χ1) is 15.1. The van der Waals surface area contributed by atoms with Crippen molar-refractivity contribution in [1.29, 1.82) is 0 Å². The molecule has 0 spiro atoms. The fraction of sp³-hybridized carbons (Fsp3) is 0.458. The van der Waals surface area contributed by atoms with E-state index in [-0.39, 0.29) is 28.8 Å². The van der Waals surface area contributed by atoms with Gasteiger partial charge in [0.05, 0.1) is 10.6 Å². The van der Waals surface area contributed by atoms with Crippen LogP contribution in [0.3, 0.4) is 0 Å². The summed E-state index contributed by atoms with van der Waals surface area (Å²) in [6, 6.07) is 11.2. The Morgan fingerprint density at radius 3 is 2.38 bits per heavy atom. The van der Waals surface area contributed by atoms with Crippen LogP contribution in [0.1, 0.15) is 51.2 Å². The molecule has 2 aromatic rings. The highest BCUT2D eigenvalue weighted by molar-refractivity contribution is 7.89. The van der Waals surface area contributed by atoms with Gasteiger partial charge < -0.3 is 4.74 Å². The number of carbonyl (C=O) groups is 1. The highest BCUT2D eigenvalue weighted by atomic mass is 32.2. The van der Waals surface area contributed by atoms with Crippen molar-refractivity contribution in [3.8, 4) is 0 Å². The molecule has 0 unspecified atom stereocenters. The molecule has 1 fully saturated rings. The molecule has 32 heavy (non-hydrogen) atoms. The number of halogens is 1. The Kier molecular flexibility index (Phi) is 6.02. The minimum Gasteiger partial charge on any atom is -0.444 e. The van der Waals surface area contributed by atoms with Gasteiger partial charge in [0, 0.05) is 24.7 Å². The van der Waals surface area contributed by atoms with Crippen LogP contribution in [0.2, 0.25) is 0 Å². The molecule has 0 aliphatic carbocycles. The van der Waals surface area contributed by atoms with Crippen LogP contribution in [0.15, 0.2) is 47.4 Å². The molecule has 0 aromatic heterocycles. The number of cyclic esters (lactones) is 1. The van der Waals surface area contributed by atoms with Crippen LogP contribution < -0.4 is 4.90 Å². The second-order valence-electron chi connectivity index (χ2n) is 9.09. The van der Waals surface area contributed by atoms with Crippen LogP contribution in [0.4, 0.5) is 14.9 Å². The van der Waals surface area contributed by atoms with Crippen LogP contribution in [-0.4, -0.2) is 37.9 Å². The van der Waals surface area contributed by atoms with E-state index in [2.05, 4.69) is 20.8 Å². The average Bonchev–Trinajstić information content (AvgIpc) is 2.79. The van der Waals surface area contributed by atoms with E-state index < -0.39 is 16.1 Å². The second kappa shape index (κ2) is 8.48. The fourth-order valence-corrected chi connectivity index (χ4v) is 5.80. The van der Waals surface area contributed by atoms with Gasteiger partial charge in [-0.15, -0.1) is 0 Å². The zero-order valence-electron chi connectivity index (χ0n) is 18.7. The highest BCUT2D eigenvalue weighted by Gasteiger charge is 2.37. The molecule has 2 aliphatic rings. The molecular formula is C24H29FN2O4S. The standard InChI is InChI=1S/C24H29FN2O4S/c1-4-24(2,3)18-5-8-21(9-6-18)32(29,30)26-13-11-20(12-14-26)27-22-10-7-19(25)15-17(22)16-31-23(27)28/h5-10,15,20H,4,11-14,16H2,1-3H3. The first-order valence-corrected chi connectivity index (χ1v) is 12.4. The normalized spacial score (nSPS) is 18.4. The summed E-state index contributed by atoms with van der Waals surface area (Å²) in [6.45, 7) is 7.03. The summed E-state index contributed by atoms with van der Waals surface area (Å²) in [4.78, 5) is 14.3. The molecule has 2 heterocycles. The predicted octanol–water partition coefficient (Wildman–Crippen LogP) is 4.82. The van der Waals surface area contributed by atoms with E-state index in [0.29, 0.717) is 37.2 Å². The minimum absolute atomic E-state index is 0.0110. The van der Waals surface area contributed by atoms with Crippen molar-refractivity contribution in [2.75, 3.05) is 18.0 Å². The van der Waals surface area contributed by atoms with E-state index in [1.807, 2.05) is 12.1 Å². The summed E-state index contributed by atoms with van der Waals surface area (Å²) >= 11 is 0. The number of sulfonamides is 1. The van der Waals surface area contributed by atoms with E-state index in [1.54, 1.807) is 23.1 Å². The lowest BCUT2D eigenvalue weighted by Crippen LogP contribution is -2.50. The van der Waals surface area contributed by atoms with Gasteiger partial charge in [0.15, 0.2) is 0 Å². The molecule has 0 atom stereocenters. The summed E-state index contributed by atoms with van der Waals surface area (Å²) in [5.74, 6) is -0.379. The molecule has 4 rings (SSSR count). The Morgan fingerprint density at radius 1 is 1.09 bits per heavy atom. The average molecular weight is 461 g/mol. The van der Waals surface area contributed by atoms with Crippen LogP contribution >= 0.6 is 0 Å². The largest absolute Gasteiger partial charge is 0.444 e. The third-order valence-corrected chi connectivity index (χ3v) is 8.71. The number of nitrogens with zero attached hydrogens (tertiary/aromatic N) is 2. The topological polar surface area (TPSA) is 66.9 Å². The Labute approximate surface area is 189 Å². The van der Waals surface area contributed by atoms with E-state index in [1.165, 1.54) is 16.4 Å². The number of fused-ring (bicyclic) bond motifs is 1. The number of rotatable bonds is 5. The molecule has 172 valence electrons. The van der Waals surface area contributed by atoms with Gasteiger partial charge in [0.2, 0.25) is 10.0 Å². The van der Waals surface area contributed by atoms with Crippen molar-refractivity contribution in [2.24, 2.45) is 0 Å². The number of ether oxygens (including phenoxy) is 1. The van der Waals surface area contributed by atoms with Crippen molar-refractivity contribution >= 4 is 21.8 Å². The Balaban J connectivity index is 1.48. The number of carbonyl (C=O) groups excluding carboxylic acids is 1. The van der Waals surface area contributed by atoms with Gasteiger partial charge in [0.25, 0.3) is 0 Å². The fourth-order valence-electron chi connectivity index (χ4n) is 4.33. The molecule has 0 radical (unpaired) electrons. The number of hydrogen-bond donors (Lipinski definition) is 0. The maximum absolute atomic E-state index is 13.6. The van der Waals surface area contributed by atoms with E-state index in [0.717, 1.165) is 12.0 Å². The summed E-state index contributed by atoms with van der Waals surface area (Å²) in [5.41, 5.74) is 2.35. The SMILES string of the molecule is CCC(C)(C)c1ccc(S(=O)(=O)N2CCC(N3C(=O)OCc4cc(F)ccc43)CC2)cc1. The Hall–Kier alpha value is -2.45. The van der Waals surface area contributed by atoms with Crippen molar-refractivity contribution in [1.82, 2.24) is 4.31 Å². The van der Waals surface area contributed by atoms with E-state index in [9.17, 15) is 17.6 Å². The summed E-state index contributed by atoms with van der Waals surface area (Å²) < 4.78 is 46.6. The van der Waals surface area contributed by atoms with Crippen molar-refractivity contribution in [3.63, 3.8) is 0 Å². The molecule has 6 nitrogen and oxygen atoms in total. The number of benzene rings is 2. The molecule has 1 saturated heterocycles. The number of anilines is 1. The van der Waals surface area contributed by atoms with Crippen LogP contribution in [0.25, 0.3) is 0 Å². The molecule has 2 aliphatic heterocycles. The molecule has 1 amide bonds. The maximum atomic E-state index is 13.6. The number of hydrogen-bond acceptors (Lipinski definition) is 4. The van der Waals surface area contributed by atoms with Gasteiger partial charge in [0.1, 0.15) is 12.4 Å². The van der Waals surface area contributed by atoms with Gasteiger partial charge in [-0.05, 0) is 60.6 Å². The molecular weight excluding hydrogens is 431 g/mol. The third kappa shape index (κ3) is 4.13. The monoisotopic (exact) mass is 460 g/mol. The zero-order chi connectivity index (χ0) is 23.1. The predicted molar refractivity (Wildman–Crippen MR) is 121 cm³/mol. The third-order valence-electron chi connectivity index (χ3n) is 6.79. The lowest BCUT2D eigenvalue weighted by molar-refractivity contribution is 0.135. The van der Waals surface area contributed by atoms with Crippen LogP contribution in [0, 0.1) is 5.82 Å². The lowest BCUT2D eigenvalue weighted by Gasteiger charge is -2.39. The summed E-state index contributed by atoms with van der Waals surface area (Å²) in [5, 5.41) is 0. The van der Waals surface area contributed by atoms with Crippen molar-refractivity contribution in [2.45, 2.75) is 63.0 Å². The lowest BCUT2D eigenvalue weighted by atomic mass is 9.82. The summed E-state index contributed by atoms with van der Waals surface area (Å²) in [6.07, 6.45) is 1.44. The molecule has 0 saturated carbocycles. The van der Waals surface area contributed by atoms with Crippen molar-refractivity contribution < 1.29 is 22.3 Å². The van der Waals surface area contributed by atoms with Crippen LogP contribution in [-0.2, 0) is 26.8 Å². The quantitative estimate of drug-likeness (QED) is 0.641. The van der Waals surface area contributed by atoms with Gasteiger partial charge in [-0.3, -0.25) is 4.90 Å². The second-order valence-corrected chi connectivity index (χ2v) is 11.0. The van der Waals surface area contributed by atoms with Gasteiger partial charge in [-0.25, -0.2) is 17.6 Å². The Morgan fingerprint density at radius 2 is 1.75 bits per heavy atom. The van der Waals surface area contributed by atoms with E-state index >= 15 is 0 Å². The maximum Gasteiger partial charge on any atom is 0.414 e. The van der Waals surface area contributed by atoms with Gasteiger partial charge in [-0.1, -0.05) is 32.9 Å². The Bertz CT molecular complexity index is 1110. The molecule has 0 N–H and O–H groups in total. The van der Waals surface area contributed by atoms with E-state index in [4.69, 9.17) is 4.74 Å². The van der Waals surface area contributed by atoms with Crippen LogP contribution in [0.5, 0.6) is 0 Å². The highest BCUT2D eigenvalue weighted by Crippen LogP contribution is 2.34. The van der Waals surface area contributed by atoms with Gasteiger partial charge in [-0.2, -0.15) is 4.31 Å². The summed E-state index contributed by atoms with van der Waals surface area (Å²) in [7, 11) is -3.62. The molecule has 0 bridgehead atoms. The molecule has 2 aromatic carbocycles. The zero-order valence-corrected chi connectivity index (χ0v) is 19.5. The number of amides is 1. The number of piperidine rings is 1. The first-order valence-electron chi connectivity index (χ1n) is 11.0.